The minimum absolute atomic E-state index is 0.0857. The summed E-state index contributed by atoms with van der Waals surface area (Å²) in [6.07, 6.45) is 4.29. The second-order valence-electron chi connectivity index (χ2n) is 10.2. The predicted molar refractivity (Wildman–Crippen MR) is 131 cm³/mol. The molecular formula is C27H38O4S. The minimum Gasteiger partial charge on any atom is -0.493 e. The molecule has 0 bridgehead atoms. The third kappa shape index (κ3) is 8.25. The SMILES string of the molecule is CC(C)(C)COCCCS(=O)(=O)CC(c1ccccc1)c1cccc(OCC2CCC2)c1. The molecule has 1 unspecified atom stereocenters. The van der Waals surface area contributed by atoms with Crippen LogP contribution in [-0.2, 0) is 14.6 Å². The maximum Gasteiger partial charge on any atom is 0.151 e. The van der Waals surface area contributed by atoms with E-state index in [9.17, 15) is 8.42 Å². The molecule has 0 N–H and O–H groups in total. The van der Waals surface area contributed by atoms with Gasteiger partial charge >= 0.3 is 0 Å². The second-order valence-corrected chi connectivity index (χ2v) is 12.5. The van der Waals surface area contributed by atoms with Crippen LogP contribution in [0.2, 0.25) is 0 Å². The molecule has 0 amide bonds. The average Bonchev–Trinajstić information content (AvgIpc) is 2.71. The van der Waals surface area contributed by atoms with Crippen LogP contribution in [0.1, 0.15) is 63.5 Å². The van der Waals surface area contributed by atoms with Crippen molar-refractivity contribution in [2.75, 3.05) is 31.3 Å². The lowest BCUT2D eigenvalue weighted by atomic mass is 9.86. The lowest BCUT2D eigenvalue weighted by molar-refractivity contribution is 0.0720. The van der Waals surface area contributed by atoms with Crippen molar-refractivity contribution in [2.45, 2.75) is 52.4 Å². The van der Waals surface area contributed by atoms with Gasteiger partial charge < -0.3 is 9.47 Å². The van der Waals surface area contributed by atoms with E-state index in [1.807, 2.05) is 54.6 Å². The zero-order valence-corrected chi connectivity index (χ0v) is 20.6. The van der Waals surface area contributed by atoms with Gasteiger partial charge in [-0.05, 0) is 53.9 Å². The number of rotatable bonds is 12. The molecule has 2 aromatic rings. The van der Waals surface area contributed by atoms with Crippen LogP contribution < -0.4 is 4.74 Å². The Labute approximate surface area is 194 Å². The third-order valence-corrected chi connectivity index (χ3v) is 7.62. The molecule has 0 aliphatic heterocycles. The van der Waals surface area contributed by atoms with Gasteiger partial charge in [-0.25, -0.2) is 8.42 Å². The predicted octanol–water partition coefficient (Wildman–Crippen LogP) is 5.87. The first-order valence-corrected chi connectivity index (χ1v) is 13.6. The zero-order valence-electron chi connectivity index (χ0n) is 19.8. The molecule has 4 nitrogen and oxygen atoms in total. The van der Waals surface area contributed by atoms with Gasteiger partial charge in [0, 0.05) is 12.5 Å². The van der Waals surface area contributed by atoms with E-state index in [4.69, 9.17) is 9.47 Å². The Hall–Kier alpha value is -1.85. The molecule has 0 spiro atoms. The third-order valence-electron chi connectivity index (χ3n) is 5.87. The van der Waals surface area contributed by atoms with Crippen LogP contribution in [0.3, 0.4) is 0 Å². The highest BCUT2D eigenvalue weighted by atomic mass is 32.2. The Bertz CT molecular complexity index is 928. The maximum atomic E-state index is 13.0. The molecule has 1 saturated carbocycles. The first kappa shape index (κ1) is 24.8. The van der Waals surface area contributed by atoms with Crippen LogP contribution in [0, 0.1) is 11.3 Å². The van der Waals surface area contributed by atoms with E-state index in [2.05, 4.69) is 20.8 Å². The van der Waals surface area contributed by atoms with E-state index >= 15 is 0 Å². The number of hydrogen-bond donors (Lipinski definition) is 0. The molecule has 5 heteroatoms. The first-order valence-electron chi connectivity index (χ1n) is 11.8. The average molecular weight is 459 g/mol. The largest absolute Gasteiger partial charge is 0.493 e. The lowest BCUT2D eigenvalue weighted by Crippen LogP contribution is -2.21. The van der Waals surface area contributed by atoms with Crippen molar-refractivity contribution in [1.82, 2.24) is 0 Å². The first-order chi connectivity index (χ1) is 15.2. The number of sulfone groups is 1. The van der Waals surface area contributed by atoms with E-state index in [1.54, 1.807) is 0 Å². The molecule has 0 heterocycles. The number of hydrogen-bond acceptors (Lipinski definition) is 4. The van der Waals surface area contributed by atoms with Crippen molar-refractivity contribution in [2.24, 2.45) is 11.3 Å². The molecule has 1 aliphatic carbocycles. The van der Waals surface area contributed by atoms with Gasteiger partial charge in [-0.3, -0.25) is 0 Å². The Kier molecular flexibility index (Phi) is 8.78. The fraction of sp³-hybridized carbons (Fsp3) is 0.556. The van der Waals surface area contributed by atoms with Crippen molar-refractivity contribution >= 4 is 9.84 Å². The Morgan fingerprint density at radius 1 is 1.00 bits per heavy atom. The molecule has 3 rings (SSSR count). The molecule has 0 radical (unpaired) electrons. The fourth-order valence-corrected chi connectivity index (χ4v) is 5.48. The molecular weight excluding hydrogens is 420 g/mol. The summed E-state index contributed by atoms with van der Waals surface area (Å²) >= 11 is 0. The van der Waals surface area contributed by atoms with Crippen LogP contribution in [-0.4, -0.2) is 39.7 Å². The topological polar surface area (TPSA) is 52.6 Å². The van der Waals surface area contributed by atoms with Crippen LogP contribution in [0.15, 0.2) is 54.6 Å². The van der Waals surface area contributed by atoms with Crippen molar-refractivity contribution < 1.29 is 17.9 Å². The van der Waals surface area contributed by atoms with Crippen LogP contribution in [0.4, 0.5) is 0 Å². The van der Waals surface area contributed by atoms with E-state index in [-0.39, 0.29) is 22.8 Å². The lowest BCUT2D eigenvalue weighted by Gasteiger charge is -2.25. The van der Waals surface area contributed by atoms with Gasteiger partial charge in [0.15, 0.2) is 9.84 Å². The Morgan fingerprint density at radius 2 is 1.72 bits per heavy atom. The molecule has 0 aromatic heterocycles. The standard InChI is InChI=1S/C27H38O4S/c1-27(2,3)21-30-16-9-17-32(28,29)20-26(23-12-5-4-6-13-23)24-14-8-15-25(18-24)31-19-22-10-7-11-22/h4-6,8,12-15,18,22,26H,7,9-11,16-17,19-21H2,1-3H3. The fourth-order valence-electron chi connectivity index (χ4n) is 3.86. The maximum absolute atomic E-state index is 13.0. The number of benzene rings is 2. The summed E-state index contributed by atoms with van der Waals surface area (Å²) in [6, 6.07) is 17.9. The summed E-state index contributed by atoms with van der Waals surface area (Å²) in [5.41, 5.74) is 2.08. The molecule has 176 valence electrons. The summed E-state index contributed by atoms with van der Waals surface area (Å²) < 4.78 is 37.7. The monoisotopic (exact) mass is 458 g/mol. The second kappa shape index (κ2) is 11.3. The Balaban J connectivity index is 1.67. The van der Waals surface area contributed by atoms with Crippen LogP contribution in [0.25, 0.3) is 0 Å². The smallest absolute Gasteiger partial charge is 0.151 e. The van der Waals surface area contributed by atoms with E-state index < -0.39 is 9.84 Å². The molecule has 2 aromatic carbocycles. The quantitative estimate of drug-likeness (QED) is 0.374. The minimum atomic E-state index is -3.25. The molecule has 1 atom stereocenters. The van der Waals surface area contributed by atoms with Crippen molar-refractivity contribution in [3.8, 4) is 5.75 Å². The van der Waals surface area contributed by atoms with Gasteiger partial charge in [-0.15, -0.1) is 0 Å². The highest BCUT2D eigenvalue weighted by Crippen LogP contribution is 2.31. The van der Waals surface area contributed by atoms with Crippen molar-refractivity contribution in [3.05, 3.63) is 65.7 Å². The van der Waals surface area contributed by atoms with Gasteiger partial charge in [0.25, 0.3) is 0 Å². The summed E-state index contributed by atoms with van der Waals surface area (Å²) in [5.74, 6) is 1.48. The van der Waals surface area contributed by atoms with Gasteiger partial charge in [0.1, 0.15) is 5.75 Å². The molecule has 0 saturated heterocycles. The van der Waals surface area contributed by atoms with E-state index in [0.29, 0.717) is 25.6 Å². The molecule has 1 aliphatic rings. The zero-order chi connectivity index (χ0) is 23.0. The van der Waals surface area contributed by atoms with Crippen LogP contribution in [0.5, 0.6) is 5.75 Å². The van der Waals surface area contributed by atoms with E-state index in [0.717, 1.165) is 23.5 Å². The van der Waals surface area contributed by atoms with Gasteiger partial charge in [-0.2, -0.15) is 0 Å². The summed E-state index contributed by atoms with van der Waals surface area (Å²) in [7, 11) is -3.25. The van der Waals surface area contributed by atoms with Crippen molar-refractivity contribution in [3.63, 3.8) is 0 Å². The number of ether oxygens (including phenoxy) is 2. The molecule has 32 heavy (non-hydrogen) atoms. The van der Waals surface area contributed by atoms with Gasteiger partial charge in [-0.1, -0.05) is 69.7 Å². The Morgan fingerprint density at radius 3 is 2.38 bits per heavy atom. The normalized spacial score (nSPS) is 15.8. The summed E-state index contributed by atoms with van der Waals surface area (Å²) in [6.45, 7) is 8.17. The van der Waals surface area contributed by atoms with Crippen molar-refractivity contribution in [1.29, 1.82) is 0 Å². The van der Waals surface area contributed by atoms with E-state index in [1.165, 1.54) is 19.3 Å². The van der Waals surface area contributed by atoms with Crippen LogP contribution >= 0.6 is 0 Å². The highest BCUT2D eigenvalue weighted by molar-refractivity contribution is 7.91. The van der Waals surface area contributed by atoms with Gasteiger partial charge in [0.2, 0.25) is 0 Å². The van der Waals surface area contributed by atoms with Gasteiger partial charge in [0.05, 0.1) is 24.7 Å². The summed E-state index contributed by atoms with van der Waals surface area (Å²) in [4.78, 5) is 0. The molecule has 1 fully saturated rings. The highest BCUT2D eigenvalue weighted by Gasteiger charge is 2.23. The summed E-state index contributed by atoms with van der Waals surface area (Å²) in [5, 5.41) is 0.